The lowest BCUT2D eigenvalue weighted by atomic mass is 9.71. The van der Waals surface area contributed by atoms with E-state index in [-0.39, 0.29) is 30.5 Å². The lowest BCUT2D eigenvalue weighted by molar-refractivity contribution is -0.262. The Kier molecular flexibility index (Phi) is 8.04. The molecule has 41 heavy (non-hydrogen) atoms. The molecular formula is C30H36ClF3N4O3. The van der Waals surface area contributed by atoms with Gasteiger partial charge in [-0.15, -0.1) is 0 Å². The number of rotatable bonds is 5. The highest BCUT2D eigenvalue weighted by molar-refractivity contribution is 6.34. The maximum absolute atomic E-state index is 14.0. The summed E-state index contributed by atoms with van der Waals surface area (Å²) in [4.78, 5) is 32.7. The van der Waals surface area contributed by atoms with Crippen molar-refractivity contribution in [1.82, 2.24) is 14.7 Å². The van der Waals surface area contributed by atoms with Gasteiger partial charge in [0.15, 0.2) is 0 Å². The smallest absolute Gasteiger partial charge is 0.370 e. The van der Waals surface area contributed by atoms with E-state index >= 15 is 0 Å². The Morgan fingerprint density at radius 2 is 1.59 bits per heavy atom. The Balaban J connectivity index is 1.13. The number of anilines is 1. The molecule has 0 saturated carbocycles. The van der Waals surface area contributed by atoms with Gasteiger partial charge >= 0.3 is 6.18 Å². The van der Waals surface area contributed by atoms with E-state index in [2.05, 4.69) is 9.80 Å². The summed E-state index contributed by atoms with van der Waals surface area (Å²) in [5, 5.41) is 11.1. The van der Waals surface area contributed by atoms with Gasteiger partial charge in [0.1, 0.15) is 0 Å². The molecule has 0 unspecified atom stereocenters. The van der Waals surface area contributed by atoms with Crippen molar-refractivity contribution >= 4 is 29.1 Å². The molecule has 3 aliphatic heterocycles. The van der Waals surface area contributed by atoms with Gasteiger partial charge in [0, 0.05) is 63.0 Å². The molecular weight excluding hydrogens is 557 g/mol. The first-order valence-electron chi connectivity index (χ1n) is 14.0. The van der Waals surface area contributed by atoms with Crippen LogP contribution < -0.4 is 4.90 Å². The largest absolute Gasteiger partial charge is 0.430 e. The summed E-state index contributed by atoms with van der Waals surface area (Å²) < 4.78 is 41.9. The molecule has 11 heteroatoms. The fourth-order valence-corrected chi connectivity index (χ4v) is 6.75. The minimum atomic E-state index is -5.13. The summed E-state index contributed by atoms with van der Waals surface area (Å²) >= 11 is 6.41. The molecule has 0 bridgehead atoms. The summed E-state index contributed by atoms with van der Waals surface area (Å²) in [6.07, 6.45) is -1.93. The Hall–Kier alpha value is -2.82. The van der Waals surface area contributed by atoms with Gasteiger partial charge in [-0.3, -0.25) is 9.59 Å². The van der Waals surface area contributed by atoms with Crippen LogP contribution in [0, 0.1) is 5.41 Å². The van der Waals surface area contributed by atoms with Gasteiger partial charge in [0.25, 0.3) is 17.4 Å². The van der Waals surface area contributed by atoms with Gasteiger partial charge in [0.05, 0.1) is 10.6 Å². The molecule has 0 aliphatic carbocycles. The SMILES string of the molecule is CN(C)C(=O)c1ccc(N2CC3(CCN(C4CCN(C(=O)[C@](O)(c5ccccc5)C(F)(F)F)CC4)CC3)C2)cc1Cl. The van der Waals surface area contributed by atoms with Crippen LogP contribution in [0.5, 0.6) is 0 Å². The van der Waals surface area contributed by atoms with Gasteiger partial charge in [-0.05, 0) is 57.0 Å². The number of hydrogen-bond acceptors (Lipinski definition) is 5. The minimum absolute atomic E-state index is 0.128. The Morgan fingerprint density at radius 3 is 2.12 bits per heavy atom. The Labute approximate surface area is 243 Å². The predicted molar refractivity (Wildman–Crippen MR) is 151 cm³/mol. The zero-order chi connectivity index (χ0) is 29.6. The number of piperidine rings is 2. The van der Waals surface area contributed by atoms with E-state index in [4.69, 9.17) is 11.6 Å². The minimum Gasteiger partial charge on any atom is -0.370 e. The topological polar surface area (TPSA) is 67.3 Å². The maximum atomic E-state index is 14.0. The van der Waals surface area contributed by atoms with Crippen LogP contribution in [0.4, 0.5) is 18.9 Å². The third-order valence-corrected chi connectivity index (χ3v) is 9.36. The Morgan fingerprint density at radius 1 is 0.976 bits per heavy atom. The molecule has 7 nitrogen and oxygen atoms in total. The van der Waals surface area contributed by atoms with Crippen molar-refractivity contribution < 1.29 is 27.9 Å². The van der Waals surface area contributed by atoms with E-state index in [1.807, 2.05) is 12.1 Å². The van der Waals surface area contributed by atoms with Crippen LogP contribution >= 0.6 is 11.6 Å². The first kappa shape index (κ1) is 29.7. The van der Waals surface area contributed by atoms with Crippen molar-refractivity contribution in [2.24, 2.45) is 5.41 Å². The number of alkyl halides is 3. The molecule has 3 fully saturated rings. The summed E-state index contributed by atoms with van der Waals surface area (Å²) in [7, 11) is 3.39. The number of nitrogens with zero attached hydrogens (tertiary/aromatic N) is 4. The number of carbonyl (C=O) groups is 2. The Bertz CT molecular complexity index is 1270. The van der Waals surface area contributed by atoms with Crippen LogP contribution in [0.1, 0.15) is 41.6 Å². The second-order valence-electron chi connectivity index (χ2n) is 11.9. The highest BCUT2D eigenvalue weighted by Gasteiger charge is 2.62. The average molecular weight is 593 g/mol. The number of aliphatic hydroxyl groups is 1. The van der Waals surface area contributed by atoms with Gasteiger partial charge < -0.3 is 24.7 Å². The third-order valence-electron chi connectivity index (χ3n) is 9.05. The maximum Gasteiger partial charge on any atom is 0.430 e. The van der Waals surface area contributed by atoms with Crippen molar-refractivity contribution in [2.75, 3.05) is 58.3 Å². The van der Waals surface area contributed by atoms with Crippen LogP contribution in [0.25, 0.3) is 0 Å². The van der Waals surface area contributed by atoms with Gasteiger partial charge in [-0.2, -0.15) is 13.2 Å². The zero-order valence-electron chi connectivity index (χ0n) is 23.3. The van der Waals surface area contributed by atoms with Crippen molar-refractivity contribution in [1.29, 1.82) is 0 Å². The zero-order valence-corrected chi connectivity index (χ0v) is 24.1. The molecule has 2 amide bonds. The molecule has 2 aromatic carbocycles. The number of benzene rings is 2. The van der Waals surface area contributed by atoms with Crippen LogP contribution in [0.2, 0.25) is 5.02 Å². The molecule has 5 rings (SSSR count). The number of carbonyl (C=O) groups excluding carboxylic acids is 2. The molecule has 2 aromatic rings. The van der Waals surface area contributed by atoms with Crippen molar-refractivity contribution in [2.45, 2.75) is 43.5 Å². The van der Waals surface area contributed by atoms with E-state index in [1.54, 1.807) is 26.2 Å². The summed E-state index contributed by atoms with van der Waals surface area (Å²) in [6.45, 7) is 4.00. The lowest BCUT2D eigenvalue weighted by Crippen LogP contribution is -2.62. The van der Waals surface area contributed by atoms with Gasteiger partial charge in [-0.1, -0.05) is 41.9 Å². The third kappa shape index (κ3) is 5.53. The van der Waals surface area contributed by atoms with Crippen molar-refractivity contribution in [3.63, 3.8) is 0 Å². The van der Waals surface area contributed by atoms with Crippen LogP contribution in [0.3, 0.4) is 0 Å². The normalized spacial score (nSPS) is 21.3. The molecule has 222 valence electrons. The summed E-state index contributed by atoms with van der Waals surface area (Å²) in [5.74, 6) is -1.43. The standard InChI is InChI=1S/C30H36ClF3N4O3/c1-35(2)26(39)24-9-8-23(18-25(24)31)38-19-28(20-38)12-16-36(17-13-28)22-10-14-37(15-11-22)27(40)29(41,30(32,33)34)21-6-4-3-5-7-21/h3-9,18,22,41H,10-17,19-20H2,1-2H3/t29-/m1/s1. The highest BCUT2D eigenvalue weighted by atomic mass is 35.5. The van der Waals surface area contributed by atoms with E-state index in [0.29, 0.717) is 23.4 Å². The van der Waals surface area contributed by atoms with Crippen molar-refractivity contribution in [3.8, 4) is 0 Å². The first-order chi connectivity index (χ1) is 19.3. The van der Waals surface area contributed by atoms with E-state index < -0.39 is 23.2 Å². The lowest BCUT2D eigenvalue weighted by Gasteiger charge is -2.56. The van der Waals surface area contributed by atoms with Gasteiger partial charge in [0.2, 0.25) is 0 Å². The molecule has 0 aromatic heterocycles. The van der Waals surface area contributed by atoms with E-state index in [9.17, 15) is 27.9 Å². The fraction of sp³-hybridized carbons (Fsp3) is 0.533. The fourth-order valence-electron chi connectivity index (χ4n) is 6.49. The highest BCUT2D eigenvalue weighted by Crippen LogP contribution is 2.45. The second kappa shape index (κ2) is 11.1. The molecule has 3 aliphatic rings. The molecule has 3 heterocycles. The first-order valence-corrected chi connectivity index (χ1v) is 14.4. The number of likely N-dealkylation sites (tertiary alicyclic amines) is 2. The molecule has 0 radical (unpaired) electrons. The van der Waals surface area contributed by atoms with Gasteiger partial charge in [-0.25, -0.2) is 0 Å². The molecule has 3 saturated heterocycles. The van der Waals surface area contributed by atoms with E-state index in [0.717, 1.165) is 61.7 Å². The summed E-state index contributed by atoms with van der Waals surface area (Å²) in [6, 6.07) is 12.4. The molecule has 1 N–H and O–H groups in total. The molecule has 1 atom stereocenters. The monoisotopic (exact) mass is 592 g/mol. The number of amides is 2. The van der Waals surface area contributed by atoms with Crippen molar-refractivity contribution in [3.05, 3.63) is 64.7 Å². The number of hydrogen-bond donors (Lipinski definition) is 1. The number of halogens is 4. The van der Waals surface area contributed by atoms with E-state index in [1.165, 1.54) is 17.0 Å². The van der Waals surface area contributed by atoms with Crippen LogP contribution in [-0.4, -0.2) is 97.2 Å². The summed E-state index contributed by atoms with van der Waals surface area (Å²) in [5.41, 5.74) is -2.31. The average Bonchev–Trinajstić information content (AvgIpc) is 2.94. The van der Waals surface area contributed by atoms with Crippen LogP contribution in [0.15, 0.2) is 48.5 Å². The predicted octanol–water partition coefficient (Wildman–Crippen LogP) is 4.39. The molecule has 1 spiro atoms. The quantitative estimate of drug-likeness (QED) is 0.558. The second-order valence-corrected chi connectivity index (χ2v) is 12.3. The van der Waals surface area contributed by atoms with Crippen LogP contribution in [-0.2, 0) is 10.4 Å².